The van der Waals surface area contributed by atoms with E-state index in [9.17, 15) is 0 Å². The molecule has 1 aromatic rings. The Hall–Kier alpha value is -1.26. The fraction of sp³-hybridized carbons (Fsp3) is 0.667. The maximum atomic E-state index is 5.70. The minimum Gasteiger partial charge on any atom is -0.454 e. The molecule has 22 heavy (non-hydrogen) atoms. The molecular formula is C18H28O4. The van der Waals surface area contributed by atoms with Gasteiger partial charge in [-0.3, -0.25) is 0 Å². The molecule has 1 heterocycles. The van der Waals surface area contributed by atoms with Crippen molar-refractivity contribution in [2.24, 2.45) is 0 Å². The number of hydrogen-bond donors (Lipinski definition) is 0. The summed E-state index contributed by atoms with van der Waals surface area (Å²) in [6.45, 7) is 5.75. The molecule has 0 amide bonds. The summed E-state index contributed by atoms with van der Waals surface area (Å²) in [4.78, 5) is 0. The fourth-order valence-electron chi connectivity index (χ4n) is 2.36. The van der Waals surface area contributed by atoms with Crippen molar-refractivity contribution in [2.75, 3.05) is 26.6 Å². The number of fused-ring (bicyclic) bond motifs is 1. The van der Waals surface area contributed by atoms with Crippen LogP contribution in [0.3, 0.4) is 0 Å². The molecule has 0 aliphatic carbocycles. The topological polar surface area (TPSA) is 36.9 Å². The molecule has 4 heteroatoms. The third kappa shape index (κ3) is 6.24. The van der Waals surface area contributed by atoms with Gasteiger partial charge < -0.3 is 18.9 Å². The molecule has 1 aliphatic heterocycles. The van der Waals surface area contributed by atoms with Gasteiger partial charge >= 0.3 is 0 Å². The van der Waals surface area contributed by atoms with Crippen LogP contribution in [0.4, 0.5) is 0 Å². The Morgan fingerprint density at radius 2 is 1.59 bits per heavy atom. The molecule has 2 rings (SSSR count). The van der Waals surface area contributed by atoms with E-state index >= 15 is 0 Å². The van der Waals surface area contributed by atoms with E-state index in [1.807, 2.05) is 18.2 Å². The third-order valence-corrected chi connectivity index (χ3v) is 3.68. The predicted octanol–water partition coefficient (Wildman–Crippen LogP) is 4.31. The monoisotopic (exact) mass is 308 g/mol. The molecular weight excluding hydrogens is 280 g/mol. The molecule has 1 aromatic carbocycles. The summed E-state index contributed by atoms with van der Waals surface area (Å²) in [5, 5.41) is 0. The first-order chi connectivity index (χ1) is 10.9. The van der Waals surface area contributed by atoms with Crippen LogP contribution in [0, 0.1) is 0 Å². The zero-order valence-electron chi connectivity index (χ0n) is 13.6. The van der Waals surface area contributed by atoms with Crippen LogP contribution >= 0.6 is 0 Å². The van der Waals surface area contributed by atoms with Gasteiger partial charge in [0.25, 0.3) is 0 Å². The van der Waals surface area contributed by atoms with Crippen molar-refractivity contribution in [3.05, 3.63) is 23.8 Å². The van der Waals surface area contributed by atoms with Crippen LogP contribution in [0.5, 0.6) is 11.5 Å². The first-order valence-corrected chi connectivity index (χ1v) is 8.44. The van der Waals surface area contributed by atoms with Gasteiger partial charge in [-0.15, -0.1) is 0 Å². The Morgan fingerprint density at radius 1 is 0.864 bits per heavy atom. The second-order valence-electron chi connectivity index (χ2n) is 5.62. The van der Waals surface area contributed by atoms with Gasteiger partial charge in [-0.25, -0.2) is 0 Å². The van der Waals surface area contributed by atoms with Gasteiger partial charge in [0.15, 0.2) is 11.5 Å². The van der Waals surface area contributed by atoms with Crippen molar-refractivity contribution in [2.45, 2.75) is 52.1 Å². The van der Waals surface area contributed by atoms with Crippen molar-refractivity contribution >= 4 is 0 Å². The molecule has 4 nitrogen and oxygen atoms in total. The second kappa shape index (κ2) is 10.5. The highest BCUT2D eigenvalue weighted by Crippen LogP contribution is 2.32. The van der Waals surface area contributed by atoms with Crippen LogP contribution in [-0.2, 0) is 16.1 Å². The van der Waals surface area contributed by atoms with E-state index in [1.54, 1.807) is 0 Å². The van der Waals surface area contributed by atoms with Gasteiger partial charge in [-0.2, -0.15) is 0 Å². The molecule has 0 saturated carbocycles. The average Bonchev–Trinajstić information content (AvgIpc) is 3.00. The van der Waals surface area contributed by atoms with E-state index in [1.165, 1.54) is 19.3 Å². The lowest BCUT2D eigenvalue weighted by atomic mass is 10.2. The van der Waals surface area contributed by atoms with E-state index in [0.717, 1.165) is 56.1 Å². The predicted molar refractivity (Wildman–Crippen MR) is 86.4 cm³/mol. The highest BCUT2D eigenvalue weighted by Gasteiger charge is 2.12. The summed E-state index contributed by atoms with van der Waals surface area (Å²) in [6, 6.07) is 5.96. The average molecular weight is 308 g/mol. The lowest BCUT2D eigenvalue weighted by Gasteiger charge is -2.06. The van der Waals surface area contributed by atoms with Crippen molar-refractivity contribution in [1.82, 2.24) is 0 Å². The number of hydrogen-bond acceptors (Lipinski definition) is 4. The quantitative estimate of drug-likeness (QED) is 0.539. The van der Waals surface area contributed by atoms with Crippen molar-refractivity contribution in [1.29, 1.82) is 0 Å². The number of benzene rings is 1. The Morgan fingerprint density at radius 3 is 2.41 bits per heavy atom. The van der Waals surface area contributed by atoms with Crippen molar-refractivity contribution in [3.63, 3.8) is 0 Å². The van der Waals surface area contributed by atoms with Crippen LogP contribution < -0.4 is 9.47 Å². The summed E-state index contributed by atoms with van der Waals surface area (Å²) in [6.07, 6.45) is 7.09. The standard InChI is InChI=1S/C18H28O4/c1-2-3-5-10-19-11-6-4-7-12-20-14-16-8-9-17-18(13-16)22-15-21-17/h8-9,13H,2-7,10-12,14-15H2,1H3. The minimum absolute atomic E-state index is 0.320. The normalized spacial score (nSPS) is 12.8. The molecule has 1 aliphatic rings. The zero-order valence-corrected chi connectivity index (χ0v) is 13.6. The van der Waals surface area contributed by atoms with Crippen molar-refractivity contribution in [3.8, 4) is 11.5 Å². The molecule has 124 valence electrons. The first kappa shape index (κ1) is 17.1. The zero-order chi connectivity index (χ0) is 15.5. The summed E-state index contributed by atoms with van der Waals surface area (Å²) in [5.74, 6) is 1.64. The maximum absolute atomic E-state index is 5.70. The molecule has 0 spiro atoms. The van der Waals surface area contributed by atoms with Crippen LogP contribution in [0.1, 0.15) is 51.0 Å². The first-order valence-electron chi connectivity index (χ1n) is 8.44. The maximum Gasteiger partial charge on any atom is 0.231 e. The molecule has 0 bridgehead atoms. The Labute approximate surface area is 133 Å². The molecule has 0 fully saturated rings. The third-order valence-electron chi connectivity index (χ3n) is 3.68. The van der Waals surface area contributed by atoms with E-state index in [-0.39, 0.29) is 0 Å². The lowest BCUT2D eigenvalue weighted by molar-refractivity contribution is 0.106. The van der Waals surface area contributed by atoms with Crippen LogP contribution in [-0.4, -0.2) is 26.6 Å². The summed E-state index contributed by atoms with van der Waals surface area (Å²) in [5.41, 5.74) is 1.13. The lowest BCUT2D eigenvalue weighted by Crippen LogP contribution is -1.99. The second-order valence-corrected chi connectivity index (χ2v) is 5.62. The summed E-state index contributed by atoms with van der Waals surface area (Å²) in [7, 11) is 0. The van der Waals surface area contributed by atoms with E-state index < -0.39 is 0 Å². The molecule has 0 atom stereocenters. The molecule has 0 saturated heterocycles. The van der Waals surface area contributed by atoms with Gasteiger partial charge in [-0.05, 0) is 43.4 Å². The molecule has 0 aromatic heterocycles. The minimum atomic E-state index is 0.320. The molecule has 0 unspecified atom stereocenters. The number of rotatable bonds is 12. The van der Waals surface area contributed by atoms with Crippen molar-refractivity contribution < 1.29 is 18.9 Å². The van der Waals surface area contributed by atoms with E-state index in [2.05, 4.69) is 6.92 Å². The van der Waals surface area contributed by atoms with Crippen LogP contribution in [0.2, 0.25) is 0 Å². The van der Waals surface area contributed by atoms with Gasteiger partial charge in [0.2, 0.25) is 6.79 Å². The van der Waals surface area contributed by atoms with E-state index in [0.29, 0.717) is 13.4 Å². The Kier molecular flexibility index (Phi) is 8.13. The number of ether oxygens (including phenoxy) is 4. The largest absolute Gasteiger partial charge is 0.454 e. The van der Waals surface area contributed by atoms with Gasteiger partial charge in [0.1, 0.15) is 0 Å². The van der Waals surface area contributed by atoms with E-state index in [4.69, 9.17) is 18.9 Å². The Balaban J connectivity index is 1.43. The highest BCUT2D eigenvalue weighted by molar-refractivity contribution is 5.44. The summed E-state index contributed by atoms with van der Waals surface area (Å²) < 4.78 is 21.9. The van der Waals surface area contributed by atoms with Crippen LogP contribution in [0.15, 0.2) is 18.2 Å². The van der Waals surface area contributed by atoms with Gasteiger partial charge in [-0.1, -0.05) is 25.8 Å². The van der Waals surface area contributed by atoms with Gasteiger partial charge in [0.05, 0.1) is 6.61 Å². The molecule has 0 radical (unpaired) electrons. The SMILES string of the molecule is CCCCCOCCCCCOCc1ccc2c(c1)OCO2. The van der Waals surface area contributed by atoms with Gasteiger partial charge in [0, 0.05) is 19.8 Å². The fourth-order valence-corrected chi connectivity index (χ4v) is 2.36. The smallest absolute Gasteiger partial charge is 0.231 e. The number of unbranched alkanes of at least 4 members (excludes halogenated alkanes) is 4. The highest BCUT2D eigenvalue weighted by atomic mass is 16.7. The molecule has 0 N–H and O–H groups in total. The summed E-state index contributed by atoms with van der Waals surface area (Å²) >= 11 is 0. The Bertz CT molecular complexity index is 420. The van der Waals surface area contributed by atoms with Crippen LogP contribution in [0.25, 0.3) is 0 Å².